The van der Waals surface area contributed by atoms with Crippen molar-refractivity contribution in [3.8, 4) is 0 Å². The number of ether oxygens (including phenoxy) is 1. The molecule has 24 heavy (non-hydrogen) atoms. The highest BCUT2D eigenvalue weighted by atomic mass is 32.2. The lowest BCUT2D eigenvalue weighted by atomic mass is 10.2. The molecule has 1 aromatic heterocycles. The van der Waals surface area contributed by atoms with Gasteiger partial charge in [-0.15, -0.1) is 0 Å². The van der Waals surface area contributed by atoms with Gasteiger partial charge < -0.3 is 4.74 Å². The monoisotopic (exact) mass is 360 g/mol. The highest BCUT2D eigenvalue weighted by molar-refractivity contribution is 7.89. The molecule has 1 fully saturated rings. The Kier molecular flexibility index (Phi) is 5.23. The van der Waals surface area contributed by atoms with Crippen LogP contribution in [-0.2, 0) is 26.6 Å². The molecule has 1 heterocycles. The summed E-state index contributed by atoms with van der Waals surface area (Å²) in [6.45, 7) is 3.42. The van der Waals surface area contributed by atoms with E-state index in [1.54, 1.807) is 13.8 Å². The number of hydrogen-bond donors (Lipinski definition) is 0. The minimum Gasteiger partial charge on any atom is -0.465 e. The smallest absolute Gasteiger partial charge is 0.327 e. The lowest BCUT2D eigenvalue weighted by Gasteiger charge is -2.27. The number of nitrogens with zero attached hydrogens (tertiary/aromatic N) is 4. The number of rotatable bonds is 8. The van der Waals surface area contributed by atoms with Gasteiger partial charge in [0.2, 0.25) is 0 Å². The van der Waals surface area contributed by atoms with Crippen LogP contribution in [0, 0.1) is 10.1 Å². The molecule has 134 valence electrons. The minimum atomic E-state index is -4.31. The molecule has 0 aliphatic heterocycles. The minimum absolute atomic E-state index is 0.123. The molecule has 0 aromatic carbocycles. The maximum Gasteiger partial charge on any atom is 0.327 e. The van der Waals surface area contributed by atoms with Crippen molar-refractivity contribution < 1.29 is 22.9 Å². The van der Waals surface area contributed by atoms with Crippen LogP contribution in [0.1, 0.15) is 33.1 Å². The standard InChI is InChI=1S/C13H20N4O6S/c1-4-10(13(18)23-5-2)16(9-6-7-9)24(21,22)12-11(17(19)20)8-15(3)14-12/h8-10H,4-7H2,1-3H3. The molecule has 1 saturated carbocycles. The summed E-state index contributed by atoms with van der Waals surface area (Å²) in [7, 11) is -2.91. The second-order valence-electron chi connectivity index (χ2n) is 5.49. The third-order valence-electron chi connectivity index (χ3n) is 3.65. The van der Waals surface area contributed by atoms with Gasteiger partial charge in [0, 0.05) is 13.1 Å². The zero-order chi connectivity index (χ0) is 18.1. The van der Waals surface area contributed by atoms with Crippen LogP contribution in [0.3, 0.4) is 0 Å². The Labute approximate surface area is 139 Å². The van der Waals surface area contributed by atoms with Crippen LogP contribution in [0.4, 0.5) is 5.69 Å². The van der Waals surface area contributed by atoms with Gasteiger partial charge in [-0.1, -0.05) is 6.92 Å². The highest BCUT2D eigenvalue weighted by Gasteiger charge is 2.48. The number of aromatic nitrogens is 2. The zero-order valence-corrected chi connectivity index (χ0v) is 14.5. The molecule has 0 saturated heterocycles. The average molecular weight is 360 g/mol. The number of carbonyl (C=O) groups is 1. The van der Waals surface area contributed by atoms with Crippen molar-refractivity contribution in [3.63, 3.8) is 0 Å². The molecule has 1 aromatic rings. The first-order valence-electron chi connectivity index (χ1n) is 7.62. The number of nitro groups is 1. The SMILES string of the molecule is CCOC(=O)C(CC)N(C1CC1)S(=O)(=O)c1nn(C)cc1[N+](=O)[O-]. The van der Waals surface area contributed by atoms with Gasteiger partial charge in [-0.05, 0) is 26.2 Å². The average Bonchev–Trinajstić information content (AvgIpc) is 3.24. The van der Waals surface area contributed by atoms with Crippen molar-refractivity contribution in [2.75, 3.05) is 6.61 Å². The summed E-state index contributed by atoms with van der Waals surface area (Å²) in [5.41, 5.74) is -0.609. The fourth-order valence-electron chi connectivity index (χ4n) is 2.50. The predicted molar refractivity (Wildman–Crippen MR) is 82.6 cm³/mol. The Bertz CT molecular complexity index is 740. The summed E-state index contributed by atoms with van der Waals surface area (Å²) < 4.78 is 33.1. The van der Waals surface area contributed by atoms with Crippen LogP contribution in [0.5, 0.6) is 0 Å². The third-order valence-corrected chi connectivity index (χ3v) is 5.54. The lowest BCUT2D eigenvalue weighted by molar-refractivity contribution is -0.388. The van der Waals surface area contributed by atoms with Crippen LogP contribution in [0.15, 0.2) is 11.2 Å². The molecule has 1 aliphatic rings. The highest BCUT2D eigenvalue weighted by Crippen LogP contribution is 2.36. The van der Waals surface area contributed by atoms with E-state index in [4.69, 9.17) is 4.74 Å². The van der Waals surface area contributed by atoms with Crippen LogP contribution in [0.25, 0.3) is 0 Å². The topological polar surface area (TPSA) is 125 Å². The predicted octanol–water partition coefficient (Wildman–Crippen LogP) is 0.823. The summed E-state index contributed by atoms with van der Waals surface area (Å²) in [5, 5.41) is 14.2. The fourth-order valence-corrected chi connectivity index (χ4v) is 4.50. The van der Waals surface area contributed by atoms with E-state index in [9.17, 15) is 23.3 Å². The van der Waals surface area contributed by atoms with Crippen molar-refractivity contribution >= 4 is 21.7 Å². The molecule has 1 atom stereocenters. The maximum absolute atomic E-state index is 13.0. The van der Waals surface area contributed by atoms with Gasteiger partial charge in [-0.3, -0.25) is 19.6 Å². The van der Waals surface area contributed by atoms with Crippen molar-refractivity contribution in [1.82, 2.24) is 14.1 Å². The number of esters is 1. The van der Waals surface area contributed by atoms with Gasteiger partial charge in [0.15, 0.2) is 0 Å². The number of aryl methyl sites for hydroxylation is 1. The molecule has 1 unspecified atom stereocenters. The lowest BCUT2D eigenvalue weighted by Crippen LogP contribution is -2.47. The first-order valence-corrected chi connectivity index (χ1v) is 9.06. The molecular formula is C13H20N4O6S. The van der Waals surface area contributed by atoms with Crippen LogP contribution in [0.2, 0.25) is 0 Å². The molecule has 10 nitrogen and oxygen atoms in total. The molecular weight excluding hydrogens is 340 g/mol. The van der Waals surface area contributed by atoms with Crippen molar-refractivity contribution in [3.05, 3.63) is 16.3 Å². The number of hydrogen-bond acceptors (Lipinski definition) is 7. The van der Waals surface area contributed by atoms with Crippen LogP contribution >= 0.6 is 0 Å². The molecule has 0 amide bonds. The molecule has 0 radical (unpaired) electrons. The van der Waals surface area contributed by atoms with Gasteiger partial charge in [0.25, 0.3) is 15.0 Å². The van der Waals surface area contributed by atoms with Gasteiger partial charge in [0.05, 0.1) is 11.5 Å². The van der Waals surface area contributed by atoms with Crippen LogP contribution < -0.4 is 0 Å². The molecule has 2 rings (SSSR count). The summed E-state index contributed by atoms with van der Waals surface area (Å²) in [5.74, 6) is -0.658. The van der Waals surface area contributed by atoms with E-state index >= 15 is 0 Å². The van der Waals surface area contributed by atoms with Crippen molar-refractivity contribution in [2.24, 2.45) is 7.05 Å². The zero-order valence-electron chi connectivity index (χ0n) is 13.7. The third kappa shape index (κ3) is 3.41. The fraction of sp³-hybridized carbons (Fsp3) is 0.692. The summed E-state index contributed by atoms with van der Waals surface area (Å²) >= 11 is 0. The van der Waals surface area contributed by atoms with E-state index in [-0.39, 0.29) is 19.1 Å². The largest absolute Gasteiger partial charge is 0.465 e. The van der Waals surface area contributed by atoms with E-state index in [1.807, 2.05) is 0 Å². The normalized spacial score (nSPS) is 16.2. The van der Waals surface area contributed by atoms with Crippen molar-refractivity contribution in [2.45, 2.75) is 50.2 Å². The second-order valence-corrected chi connectivity index (χ2v) is 7.25. The van der Waals surface area contributed by atoms with Crippen molar-refractivity contribution in [1.29, 1.82) is 0 Å². The van der Waals surface area contributed by atoms with Gasteiger partial charge >= 0.3 is 11.7 Å². The summed E-state index contributed by atoms with van der Waals surface area (Å²) in [6, 6.07) is -1.39. The van der Waals surface area contributed by atoms with E-state index in [2.05, 4.69) is 5.10 Å². The molecule has 0 bridgehead atoms. The first-order chi connectivity index (χ1) is 11.2. The Balaban J connectivity index is 2.50. The molecule has 1 aliphatic carbocycles. The maximum atomic E-state index is 13.0. The van der Waals surface area contributed by atoms with E-state index < -0.39 is 37.7 Å². The van der Waals surface area contributed by atoms with Gasteiger partial charge in [-0.25, -0.2) is 8.42 Å². The first kappa shape index (κ1) is 18.3. The number of sulfonamides is 1. The molecule has 0 N–H and O–H groups in total. The quantitative estimate of drug-likeness (QED) is 0.382. The van der Waals surface area contributed by atoms with Gasteiger partial charge in [0.1, 0.15) is 12.2 Å². The summed E-state index contributed by atoms with van der Waals surface area (Å²) in [4.78, 5) is 22.5. The Morgan fingerprint density at radius 1 is 1.54 bits per heavy atom. The number of carbonyl (C=O) groups excluding carboxylic acids is 1. The Morgan fingerprint density at radius 3 is 2.62 bits per heavy atom. The van der Waals surface area contributed by atoms with E-state index in [1.165, 1.54) is 7.05 Å². The molecule has 0 spiro atoms. The van der Waals surface area contributed by atoms with Gasteiger partial charge in [-0.2, -0.15) is 9.40 Å². The summed E-state index contributed by atoms with van der Waals surface area (Å²) in [6.07, 6.45) is 2.42. The molecule has 11 heteroatoms. The Morgan fingerprint density at radius 2 is 2.17 bits per heavy atom. The Hall–Kier alpha value is -2.01. The second kappa shape index (κ2) is 6.85. The van der Waals surface area contributed by atoms with Crippen LogP contribution in [-0.4, -0.2) is 52.1 Å². The van der Waals surface area contributed by atoms with E-state index in [0.717, 1.165) is 15.2 Å². The van der Waals surface area contributed by atoms with E-state index in [0.29, 0.717) is 12.8 Å².